The molecule has 0 radical (unpaired) electrons. The molecule has 1 aliphatic heterocycles. The summed E-state index contributed by atoms with van der Waals surface area (Å²) in [5, 5.41) is 11.9. The number of oxime groups is 1. The Morgan fingerprint density at radius 1 is 1.29 bits per heavy atom. The second-order valence-corrected chi connectivity index (χ2v) is 5.73. The summed E-state index contributed by atoms with van der Waals surface area (Å²) in [6, 6.07) is 0. The van der Waals surface area contributed by atoms with Crippen molar-refractivity contribution in [1.29, 1.82) is 0 Å². The van der Waals surface area contributed by atoms with E-state index in [4.69, 9.17) is 10.9 Å². The van der Waals surface area contributed by atoms with Crippen LogP contribution in [0.4, 0.5) is 0 Å². The van der Waals surface area contributed by atoms with Gasteiger partial charge in [-0.2, -0.15) is 0 Å². The van der Waals surface area contributed by atoms with Gasteiger partial charge in [-0.3, -0.25) is 4.90 Å². The standard InChI is InChI=1S/C12H26N4O/c1-10(2)9-15-5-7-16(8-6-15)12(3,4)11(13)14-17/h10,17H,5-9H2,1-4H3,(H2,13,14). The molecular formula is C12H26N4O. The van der Waals surface area contributed by atoms with Gasteiger partial charge >= 0.3 is 0 Å². The minimum Gasteiger partial charge on any atom is -0.409 e. The van der Waals surface area contributed by atoms with Gasteiger partial charge in [-0.05, 0) is 19.8 Å². The molecule has 1 rings (SSSR count). The Bertz CT molecular complexity index is 268. The minimum atomic E-state index is -0.362. The summed E-state index contributed by atoms with van der Waals surface area (Å²) in [7, 11) is 0. The molecule has 0 atom stereocenters. The third-order valence-corrected chi connectivity index (χ3v) is 3.52. The molecule has 1 aliphatic rings. The maximum atomic E-state index is 8.80. The fourth-order valence-electron chi connectivity index (χ4n) is 2.29. The van der Waals surface area contributed by atoms with E-state index in [9.17, 15) is 0 Å². The molecule has 5 heteroatoms. The minimum absolute atomic E-state index is 0.287. The summed E-state index contributed by atoms with van der Waals surface area (Å²) < 4.78 is 0. The highest BCUT2D eigenvalue weighted by atomic mass is 16.4. The first-order valence-corrected chi connectivity index (χ1v) is 6.33. The lowest BCUT2D eigenvalue weighted by molar-refractivity contribution is 0.0771. The van der Waals surface area contributed by atoms with Crippen molar-refractivity contribution in [3.8, 4) is 0 Å². The third-order valence-electron chi connectivity index (χ3n) is 3.52. The highest BCUT2D eigenvalue weighted by Crippen LogP contribution is 2.17. The summed E-state index contributed by atoms with van der Waals surface area (Å²) in [6.45, 7) is 13.7. The lowest BCUT2D eigenvalue weighted by Crippen LogP contribution is -2.60. The number of hydrogen-bond donors (Lipinski definition) is 2. The van der Waals surface area contributed by atoms with Gasteiger partial charge in [-0.25, -0.2) is 0 Å². The van der Waals surface area contributed by atoms with Crippen LogP contribution in [-0.4, -0.2) is 59.1 Å². The average Bonchev–Trinajstić information content (AvgIpc) is 2.27. The lowest BCUT2D eigenvalue weighted by Gasteiger charge is -2.43. The smallest absolute Gasteiger partial charge is 0.159 e. The normalized spacial score (nSPS) is 21.1. The van der Waals surface area contributed by atoms with Crippen LogP contribution in [0.25, 0.3) is 0 Å². The molecular weight excluding hydrogens is 216 g/mol. The number of nitrogens with two attached hydrogens (primary N) is 1. The second-order valence-electron chi connectivity index (χ2n) is 5.73. The molecule has 1 saturated heterocycles. The number of amidine groups is 1. The molecule has 0 aromatic rings. The van der Waals surface area contributed by atoms with Crippen molar-refractivity contribution in [3.05, 3.63) is 0 Å². The number of hydrogen-bond acceptors (Lipinski definition) is 4. The zero-order valence-corrected chi connectivity index (χ0v) is 11.5. The highest BCUT2D eigenvalue weighted by Gasteiger charge is 2.33. The van der Waals surface area contributed by atoms with E-state index in [-0.39, 0.29) is 11.4 Å². The van der Waals surface area contributed by atoms with Gasteiger partial charge in [0.15, 0.2) is 5.84 Å². The molecule has 0 saturated carbocycles. The van der Waals surface area contributed by atoms with Gasteiger partial charge in [0.1, 0.15) is 0 Å². The summed E-state index contributed by atoms with van der Waals surface area (Å²) >= 11 is 0. The Morgan fingerprint density at radius 3 is 2.24 bits per heavy atom. The van der Waals surface area contributed by atoms with Crippen LogP contribution in [0.3, 0.4) is 0 Å². The average molecular weight is 242 g/mol. The summed E-state index contributed by atoms with van der Waals surface area (Å²) in [5.41, 5.74) is 5.38. The Labute approximate surface area is 104 Å². The largest absolute Gasteiger partial charge is 0.409 e. The molecule has 0 bridgehead atoms. The van der Waals surface area contributed by atoms with Gasteiger partial charge in [0.25, 0.3) is 0 Å². The van der Waals surface area contributed by atoms with E-state index in [1.54, 1.807) is 0 Å². The maximum Gasteiger partial charge on any atom is 0.159 e. The summed E-state index contributed by atoms with van der Waals surface area (Å²) in [5.74, 6) is 0.994. The molecule has 0 aromatic carbocycles. The molecule has 100 valence electrons. The van der Waals surface area contributed by atoms with Crippen molar-refractivity contribution in [2.24, 2.45) is 16.8 Å². The first-order chi connectivity index (χ1) is 7.87. The molecule has 0 aromatic heterocycles. The zero-order chi connectivity index (χ0) is 13.1. The SMILES string of the molecule is CC(C)CN1CCN(C(C)(C)C(N)=NO)CC1. The maximum absolute atomic E-state index is 8.80. The first-order valence-electron chi connectivity index (χ1n) is 6.33. The predicted molar refractivity (Wildman–Crippen MR) is 70.3 cm³/mol. The van der Waals surface area contributed by atoms with E-state index < -0.39 is 0 Å². The molecule has 17 heavy (non-hydrogen) atoms. The second kappa shape index (κ2) is 5.69. The van der Waals surface area contributed by atoms with E-state index in [1.807, 2.05) is 13.8 Å². The van der Waals surface area contributed by atoms with Crippen molar-refractivity contribution < 1.29 is 5.21 Å². The van der Waals surface area contributed by atoms with E-state index in [1.165, 1.54) is 0 Å². The Kier molecular flexibility index (Phi) is 4.77. The molecule has 0 amide bonds. The van der Waals surface area contributed by atoms with Gasteiger partial charge in [0, 0.05) is 32.7 Å². The van der Waals surface area contributed by atoms with Gasteiger partial charge in [-0.1, -0.05) is 19.0 Å². The van der Waals surface area contributed by atoms with Crippen LogP contribution in [0.2, 0.25) is 0 Å². The Balaban J connectivity index is 2.52. The predicted octanol–water partition coefficient (Wildman–Crippen LogP) is 0.785. The van der Waals surface area contributed by atoms with Crippen molar-refractivity contribution >= 4 is 5.84 Å². The lowest BCUT2D eigenvalue weighted by atomic mass is 10.00. The van der Waals surface area contributed by atoms with Crippen LogP contribution < -0.4 is 5.73 Å². The van der Waals surface area contributed by atoms with Gasteiger partial charge in [-0.15, -0.1) is 0 Å². The van der Waals surface area contributed by atoms with Crippen molar-refractivity contribution in [1.82, 2.24) is 9.80 Å². The molecule has 0 aliphatic carbocycles. The van der Waals surface area contributed by atoms with Crippen LogP contribution in [0.15, 0.2) is 5.16 Å². The van der Waals surface area contributed by atoms with Crippen LogP contribution in [0.1, 0.15) is 27.7 Å². The topological polar surface area (TPSA) is 65.1 Å². The highest BCUT2D eigenvalue weighted by molar-refractivity contribution is 5.88. The van der Waals surface area contributed by atoms with Crippen LogP contribution >= 0.6 is 0 Å². The van der Waals surface area contributed by atoms with Gasteiger partial charge in [0.05, 0.1) is 5.54 Å². The number of rotatable bonds is 4. The van der Waals surface area contributed by atoms with Gasteiger partial charge < -0.3 is 15.8 Å². The molecule has 0 unspecified atom stereocenters. The molecule has 1 heterocycles. The van der Waals surface area contributed by atoms with Crippen LogP contribution in [-0.2, 0) is 0 Å². The summed E-state index contributed by atoms with van der Waals surface area (Å²) in [6.07, 6.45) is 0. The molecule has 5 nitrogen and oxygen atoms in total. The first kappa shape index (κ1) is 14.3. The number of nitrogens with zero attached hydrogens (tertiary/aromatic N) is 3. The fourth-order valence-corrected chi connectivity index (χ4v) is 2.29. The monoisotopic (exact) mass is 242 g/mol. The quantitative estimate of drug-likeness (QED) is 0.331. The van der Waals surface area contributed by atoms with E-state index >= 15 is 0 Å². The zero-order valence-electron chi connectivity index (χ0n) is 11.5. The van der Waals surface area contributed by atoms with Gasteiger partial charge in [0.2, 0.25) is 0 Å². The Hall–Kier alpha value is -0.810. The van der Waals surface area contributed by atoms with E-state index in [2.05, 4.69) is 28.8 Å². The van der Waals surface area contributed by atoms with Crippen LogP contribution in [0.5, 0.6) is 0 Å². The van der Waals surface area contributed by atoms with E-state index in [0.717, 1.165) is 32.7 Å². The van der Waals surface area contributed by atoms with E-state index in [0.29, 0.717) is 5.92 Å². The fraction of sp³-hybridized carbons (Fsp3) is 0.917. The van der Waals surface area contributed by atoms with Crippen molar-refractivity contribution in [2.75, 3.05) is 32.7 Å². The summed E-state index contributed by atoms with van der Waals surface area (Å²) in [4.78, 5) is 4.75. The van der Waals surface area contributed by atoms with Crippen LogP contribution in [0, 0.1) is 5.92 Å². The van der Waals surface area contributed by atoms with Crippen molar-refractivity contribution in [2.45, 2.75) is 33.2 Å². The molecule has 0 spiro atoms. The third kappa shape index (κ3) is 3.57. The Morgan fingerprint density at radius 2 is 1.82 bits per heavy atom. The molecule has 1 fully saturated rings. The number of piperazine rings is 1. The van der Waals surface area contributed by atoms with Crippen molar-refractivity contribution in [3.63, 3.8) is 0 Å². The molecule has 3 N–H and O–H groups in total.